The van der Waals surface area contributed by atoms with E-state index in [0.29, 0.717) is 6.04 Å². The summed E-state index contributed by atoms with van der Waals surface area (Å²) in [6.45, 7) is 6.42. The van der Waals surface area contributed by atoms with Crippen molar-refractivity contribution in [3.05, 3.63) is 24.4 Å². The van der Waals surface area contributed by atoms with Crippen molar-refractivity contribution in [1.29, 1.82) is 0 Å². The molecule has 0 spiro atoms. The second kappa shape index (κ2) is 7.57. The molecule has 1 aromatic carbocycles. The van der Waals surface area contributed by atoms with Gasteiger partial charge in [-0.1, -0.05) is 20.3 Å². The van der Waals surface area contributed by atoms with Crippen LogP contribution in [0.15, 0.2) is 24.4 Å². The largest absolute Gasteiger partial charge is 0.384 e. The lowest BCUT2D eigenvalue weighted by atomic mass is 10.1. The van der Waals surface area contributed by atoms with Gasteiger partial charge in [-0.3, -0.25) is 4.98 Å². The quantitative estimate of drug-likeness (QED) is 0.623. The predicted octanol–water partition coefficient (Wildman–Crippen LogP) is 3.10. The Balaban J connectivity index is 1.65. The van der Waals surface area contributed by atoms with Crippen molar-refractivity contribution < 1.29 is 0 Å². The first-order chi connectivity index (χ1) is 11.6. The summed E-state index contributed by atoms with van der Waals surface area (Å²) in [6.07, 6.45) is 5.43. The van der Waals surface area contributed by atoms with Gasteiger partial charge in [0.25, 0.3) is 0 Å². The number of fused-ring (bicyclic) bond motifs is 3. The minimum Gasteiger partial charge on any atom is -0.384 e. The fraction of sp³-hybridized carbons (Fsp3) is 0.500. The second-order valence-electron chi connectivity index (χ2n) is 6.47. The molecule has 0 fully saturated rings. The highest BCUT2D eigenvalue weighted by atomic mass is 15.4. The van der Waals surface area contributed by atoms with E-state index in [1.54, 1.807) is 4.80 Å². The lowest BCUT2D eigenvalue weighted by Gasteiger charge is -2.10. The van der Waals surface area contributed by atoms with Gasteiger partial charge in [0.1, 0.15) is 11.0 Å². The number of hydrogen-bond acceptors (Lipinski definition) is 5. The fourth-order valence-corrected chi connectivity index (χ4v) is 2.91. The van der Waals surface area contributed by atoms with Gasteiger partial charge in [0, 0.05) is 31.5 Å². The van der Waals surface area contributed by atoms with Crippen LogP contribution in [-0.2, 0) is 7.05 Å². The van der Waals surface area contributed by atoms with E-state index in [9.17, 15) is 0 Å². The number of anilines is 1. The Morgan fingerprint density at radius 2 is 1.79 bits per heavy atom. The third-order valence-corrected chi connectivity index (χ3v) is 4.08. The maximum atomic E-state index is 4.50. The number of nitrogens with zero attached hydrogens (tertiary/aromatic N) is 4. The van der Waals surface area contributed by atoms with E-state index in [0.717, 1.165) is 47.1 Å². The Kier molecular flexibility index (Phi) is 5.25. The fourth-order valence-electron chi connectivity index (χ4n) is 2.91. The molecular formula is C18H26N6. The predicted molar refractivity (Wildman–Crippen MR) is 99.3 cm³/mol. The maximum Gasteiger partial charge on any atom is 0.124 e. The number of pyridine rings is 1. The molecule has 3 rings (SSSR count). The summed E-state index contributed by atoms with van der Waals surface area (Å²) < 4.78 is 0. The molecule has 3 aromatic rings. The third-order valence-electron chi connectivity index (χ3n) is 4.08. The maximum absolute atomic E-state index is 4.50. The SMILES string of the molecule is CC(C)NCCCCCNc1ccnc2ccc3nn(C)nc3c12. The molecule has 0 aliphatic heterocycles. The third kappa shape index (κ3) is 3.82. The lowest BCUT2D eigenvalue weighted by Crippen LogP contribution is -2.23. The minimum absolute atomic E-state index is 0.570. The van der Waals surface area contributed by atoms with E-state index in [4.69, 9.17) is 0 Å². The smallest absolute Gasteiger partial charge is 0.124 e. The molecule has 0 radical (unpaired) electrons. The summed E-state index contributed by atoms with van der Waals surface area (Å²) in [4.78, 5) is 6.07. The molecule has 2 N–H and O–H groups in total. The first-order valence-corrected chi connectivity index (χ1v) is 8.71. The highest BCUT2D eigenvalue weighted by molar-refractivity contribution is 6.08. The van der Waals surface area contributed by atoms with Crippen molar-refractivity contribution in [2.75, 3.05) is 18.4 Å². The van der Waals surface area contributed by atoms with Crippen LogP contribution < -0.4 is 10.6 Å². The summed E-state index contributed by atoms with van der Waals surface area (Å²) in [5.74, 6) is 0. The van der Waals surface area contributed by atoms with Gasteiger partial charge >= 0.3 is 0 Å². The van der Waals surface area contributed by atoms with Gasteiger partial charge in [0.2, 0.25) is 0 Å². The van der Waals surface area contributed by atoms with E-state index in [-0.39, 0.29) is 0 Å². The average molecular weight is 326 g/mol. The molecule has 0 amide bonds. The normalized spacial score (nSPS) is 11.7. The highest BCUT2D eigenvalue weighted by Crippen LogP contribution is 2.28. The minimum atomic E-state index is 0.570. The van der Waals surface area contributed by atoms with Crippen LogP contribution in [0.3, 0.4) is 0 Å². The molecule has 0 bridgehead atoms. The van der Waals surface area contributed by atoms with Crippen molar-refractivity contribution in [1.82, 2.24) is 25.3 Å². The van der Waals surface area contributed by atoms with Gasteiger partial charge in [-0.15, -0.1) is 0 Å². The summed E-state index contributed by atoms with van der Waals surface area (Å²) >= 11 is 0. The van der Waals surface area contributed by atoms with Crippen LogP contribution in [0.5, 0.6) is 0 Å². The summed E-state index contributed by atoms with van der Waals surface area (Å²) in [7, 11) is 1.85. The van der Waals surface area contributed by atoms with E-state index < -0.39 is 0 Å². The van der Waals surface area contributed by atoms with Crippen LogP contribution in [0.25, 0.3) is 21.9 Å². The molecule has 0 atom stereocenters. The molecule has 0 saturated carbocycles. The van der Waals surface area contributed by atoms with E-state index in [2.05, 4.69) is 39.7 Å². The molecule has 24 heavy (non-hydrogen) atoms. The van der Waals surface area contributed by atoms with Crippen molar-refractivity contribution in [2.24, 2.45) is 7.05 Å². The number of aryl methyl sites for hydroxylation is 1. The monoisotopic (exact) mass is 326 g/mol. The van der Waals surface area contributed by atoms with E-state index in [1.807, 2.05) is 31.4 Å². The zero-order chi connectivity index (χ0) is 16.9. The average Bonchev–Trinajstić information content (AvgIpc) is 2.94. The van der Waals surface area contributed by atoms with Gasteiger partial charge in [-0.25, -0.2) is 0 Å². The van der Waals surface area contributed by atoms with Crippen LogP contribution in [-0.4, -0.2) is 39.1 Å². The van der Waals surface area contributed by atoms with Gasteiger partial charge in [0.05, 0.1) is 10.9 Å². The molecule has 0 aliphatic rings. The van der Waals surface area contributed by atoms with Crippen LogP contribution in [0.1, 0.15) is 33.1 Å². The number of nitrogens with one attached hydrogen (secondary N) is 2. The topological polar surface area (TPSA) is 67.7 Å². The first-order valence-electron chi connectivity index (χ1n) is 8.71. The molecule has 0 saturated heterocycles. The molecule has 0 unspecified atom stereocenters. The van der Waals surface area contributed by atoms with Crippen LogP contribution in [0, 0.1) is 0 Å². The van der Waals surface area contributed by atoms with E-state index in [1.165, 1.54) is 12.8 Å². The zero-order valence-corrected chi connectivity index (χ0v) is 14.7. The number of rotatable bonds is 8. The molecule has 128 valence electrons. The standard InChI is InChI=1S/C18H26N6/c1-13(2)19-10-5-4-6-11-20-15-9-12-21-14-7-8-16-18(17(14)15)23-24(3)22-16/h7-9,12-13,19H,4-6,10-11H2,1-3H3,(H,20,21). The number of hydrogen-bond donors (Lipinski definition) is 2. The summed E-state index contributed by atoms with van der Waals surface area (Å²) in [6, 6.07) is 6.58. The molecule has 2 heterocycles. The van der Waals surface area contributed by atoms with Crippen molar-refractivity contribution >= 4 is 27.6 Å². The Bertz CT molecular complexity index is 808. The highest BCUT2D eigenvalue weighted by Gasteiger charge is 2.10. The van der Waals surface area contributed by atoms with Crippen molar-refractivity contribution in [3.8, 4) is 0 Å². The van der Waals surface area contributed by atoms with E-state index >= 15 is 0 Å². The van der Waals surface area contributed by atoms with Crippen LogP contribution in [0.4, 0.5) is 5.69 Å². The zero-order valence-electron chi connectivity index (χ0n) is 14.7. The Hall–Kier alpha value is -2.21. The second-order valence-corrected chi connectivity index (χ2v) is 6.47. The number of aromatic nitrogens is 4. The van der Waals surface area contributed by atoms with Gasteiger partial charge in [0.15, 0.2) is 0 Å². The van der Waals surface area contributed by atoms with Crippen LogP contribution in [0.2, 0.25) is 0 Å². The van der Waals surface area contributed by atoms with Crippen molar-refractivity contribution in [3.63, 3.8) is 0 Å². The Labute approximate surface area is 142 Å². The molecule has 0 aliphatic carbocycles. The molecule has 2 aromatic heterocycles. The number of benzene rings is 1. The Morgan fingerprint density at radius 3 is 2.62 bits per heavy atom. The lowest BCUT2D eigenvalue weighted by molar-refractivity contribution is 0.552. The first kappa shape index (κ1) is 16.6. The molecular weight excluding hydrogens is 300 g/mol. The Morgan fingerprint density at radius 1 is 1.00 bits per heavy atom. The van der Waals surface area contributed by atoms with Gasteiger partial charge in [-0.05, 0) is 37.6 Å². The molecule has 6 nitrogen and oxygen atoms in total. The van der Waals surface area contributed by atoms with Gasteiger partial charge in [-0.2, -0.15) is 15.0 Å². The van der Waals surface area contributed by atoms with Crippen molar-refractivity contribution in [2.45, 2.75) is 39.2 Å². The summed E-state index contributed by atoms with van der Waals surface area (Å²) in [5.41, 5.74) is 3.85. The summed E-state index contributed by atoms with van der Waals surface area (Å²) in [5, 5.41) is 17.0. The number of unbranched alkanes of at least 4 members (excludes halogenated alkanes) is 2. The van der Waals surface area contributed by atoms with Gasteiger partial charge < -0.3 is 10.6 Å². The molecule has 6 heteroatoms. The van der Waals surface area contributed by atoms with Crippen LogP contribution >= 0.6 is 0 Å².